The van der Waals surface area contributed by atoms with E-state index in [-0.39, 0.29) is 30.6 Å². The van der Waals surface area contributed by atoms with E-state index in [0.717, 1.165) is 39.8 Å². The smallest absolute Gasteiger partial charge is 0.329 e. The van der Waals surface area contributed by atoms with Crippen LogP contribution >= 0.6 is 0 Å². The van der Waals surface area contributed by atoms with Crippen molar-refractivity contribution in [2.24, 2.45) is 0 Å². The van der Waals surface area contributed by atoms with Crippen LogP contribution in [0.2, 0.25) is 0 Å². The van der Waals surface area contributed by atoms with Gasteiger partial charge in [0.05, 0.1) is 17.6 Å². The van der Waals surface area contributed by atoms with Gasteiger partial charge in [-0.3, -0.25) is 18.7 Å². The Hall–Kier alpha value is -3.35. The second kappa shape index (κ2) is 9.20. The van der Waals surface area contributed by atoms with Crippen LogP contribution in [0.5, 0.6) is 0 Å². The topological polar surface area (TPSA) is 76.3 Å². The summed E-state index contributed by atoms with van der Waals surface area (Å²) >= 11 is 0. The summed E-state index contributed by atoms with van der Waals surface area (Å²) in [5.41, 5.74) is 5.19. The summed E-state index contributed by atoms with van der Waals surface area (Å²) in [6.45, 7) is 8.31. The van der Waals surface area contributed by atoms with Crippen molar-refractivity contribution in [3.8, 4) is 0 Å². The van der Waals surface area contributed by atoms with Crippen molar-refractivity contribution in [1.29, 1.82) is 0 Å². The van der Waals surface area contributed by atoms with Crippen molar-refractivity contribution in [1.82, 2.24) is 14.0 Å². The molecule has 2 aromatic carbocycles. The second-order valence-electron chi connectivity index (χ2n) is 8.08. The molecule has 0 atom stereocenters. The molecule has 0 saturated carbocycles. The van der Waals surface area contributed by atoms with Gasteiger partial charge in [0.1, 0.15) is 6.54 Å². The Kier molecular flexibility index (Phi) is 6.63. The number of hydrogen-bond donors (Lipinski definition) is 1. The molecule has 2 amide bonds. The fourth-order valence-electron chi connectivity index (χ4n) is 3.98. The van der Waals surface area contributed by atoms with E-state index in [1.165, 1.54) is 9.47 Å². The first-order valence-corrected chi connectivity index (χ1v) is 10.5. The number of aryl methyl sites for hydroxylation is 4. The molecule has 1 heterocycles. The van der Waals surface area contributed by atoms with Gasteiger partial charge in [0.2, 0.25) is 11.8 Å². The number of fused-ring (bicyclic) bond motifs is 1. The Labute approximate surface area is 182 Å². The summed E-state index contributed by atoms with van der Waals surface area (Å²) in [6, 6.07) is 11.5. The number of imidazole rings is 1. The first kappa shape index (κ1) is 22.3. The van der Waals surface area contributed by atoms with E-state index in [1.54, 1.807) is 11.6 Å². The molecular formula is C24H30N4O3. The van der Waals surface area contributed by atoms with Gasteiger partial charge >= 0.3 is 5.69 Å². The molecule has 0 aliphatic carbocycles. The van der Waals surface area contributed by atoms with Crippen LogP contribution in [0.3, 0.4) is 0 Å². The van der Waals surface area contributed by atoms with Gasteiger partial charge in [-0.05, 0) is 50.5 Å². The van der Waals surface area contributed by atoms with Gasteiger partial charge in [0.25, 0.3) is 0 Å². The lowest BCUT2D eigenvalue weighted by Gasteiger charge is -2.18. The van der Waals surface area contributed by atoms with Crippen LogP contribution in [0, 0.1) is 20.8 Å². The van der Waals surface area contributed by atoms with E-state index in [4.69, 9.17) is 0 Å². The Balaban J connectivity index is 1.74. The first-order valence-electron chi connectivity index (χ1n) is 10.5. The van der Waals surface area contributed by atoms with Crippen molar-refractivity contribution >= 4 is 28.5 Å². The van der Waals surface area contributed by atoms with Crippen LogP contribution in [0.15, 0.2) is 41.2 Å². The molecule has 7 nitrogen and oxygen atoms in total. The molecule has 0 radical (unpaired) electrons. The van der Waals surface area contributed by atoms with Crippen molar-refractivity contribution in [2.75, 3.05) is 18.9 Å². The highest BCUT2D eigenvalue weighted by molar-refractivity contribution is 5.95. The average Bonchev–Trinajstić information content (AvgIpc) is 2.97. The molecule has 0 bridgehead atoms. The molecule has 3 aromatic rings. The summed E-state index contributed by atoms with van der Waals surface area (Å²) in [5.74, 6) is -0.569. The standard InChI is InChI=1S/C24H30N4O3/c1-6-11-27-19-9-7-8-10-20(19)28(24(27)31)15-22(30)26(5)14-21(29)25-23-17(3)12-16(2)13-18(23)4/h7-10,12-13H,6,11,14-15H2,1-5H3,(H,25,29). The summed E-state index contributed by atoms with van der Waals surface area (Å²) in [6.07, 6.45) is 0.819. The minimum absolute atomic E-state index is 0.0893. The molecule has 0 saturated heterocycles. The van der Waals surface area contributed by atoms with Gasteiger partial charge < -0.3 is 10.2 Å². The summed E-state index contributed by atoms with van der Waals surface area (Å²) in [4.78, 5) is 39.6. The van der Waals surface area contributed by atoms with E-state index in [9.17, 15) is 14.4 Å². The van der Waals surface area contributed by atoms with Crippen LogP contribution in [-0.2, 0) is 22.7 Å². The van der Waals surface area contributed by atoms with Crippen molar-refractivity contribution in [2.45, 2.75) is 47.2 Å². The predicted molar refractivity (Wildman–Crippen MR) is 123 cm³/mol. The maximum Gasteiger partial charge on any atom is 0.329 e. The lowest BCUT2D eigenvalue weighted by Crippen LogP contribution is -2.39. The third-order valence-corrected chi connectivity index (χ3v) is 5.41. The van der Waals surface area contributed by atoms with Crippen LogP contribution in [0.1, 0.15) is 30.0 Å². The number of hydrogen-bond acceptors (Lipinski definition) is 3. The van der Waals surface area contributed by atoms with E-state index >= 15 is 0 Å². The highest BCUT2D eigenvalue weighted by Crippen LogP contribution is 2.21. The molecule has 1 N–H and O–H groups in total. The molecule has 164 valence electrons. The zero-order valence-corrected chi connectivity index (χ0v) is 18.9. The highest BCUT2D eigenvalue weighted by Gasteiger charge is 2.19. The molecule has 7 heteroatoms. The zero-order chi connectivity index (χ0) is 22.7. The SMILES string of the molecule is CCCn1c(=O)n(CC(=O)N(C)CC(=O)Nc2c(C)cc(C)cc2C)c2ccccc21. The van der Waals surface area contributed by atoms with E-state index in [1.807, 2.05) is 64.1 Å². The van der Waals surface area contributed by atoms with E-state index in [0.29, 0.717) is 6.54 Å². The van der Waals surface area contributed by atoms with Gasteiger partial charge in [-0.15, -0.1) is 0 Å². The normalized spacial score (nSPS) is 11.0. The third kappa shape index (κ3) is 4.71. The average molecular weight is 423 g/mol. The van der Waals surface area contributed by atoms with Crippen molar-refractivity contribution < 1.29 is 9.59 Å². The van der Waals surface area contributed by atoms with Crippen LogP contribution in [0.25, 0.3) is 11.0 Å². The molecule has 0 fully saturated rings. The highest BCUT2D eigenvalue weighted by atomic mass is 16.2. The molecule has 0 aliphatic heterocycles. The largest absolute Gasteiger partial charge is 0.335 e. The maximum absolute atomic E-state index is 12.9. The molecule has 0 aliphatic rings. The lowest BCUT2D eigenvalue weighted by atomic mass is 10.1. The first-order chi connectivity index (χ1) is 14.7. The number of amides is 2. The molecule has 0 unspecified atom stereocenters. The van der Waals surface area contributed by atoms with Gasteiger partial charge in [-0.1, -0.05) is 36.8 Å². The Morgan fingerprint density at radius 1 is 1.00 bits per heavy atom. The minimum Gasteiger partial charge on any atom is -0.335 e. The van der Waals surface area contributed by atoms with Gasteiger partial charge in [0.15, 0.2) is 0 Å². The molecule has 3 rings (SSSR count). The number of nitrogens with one attached hydrogen (secondary N) is 1. The summed E-state index contributed by atoms with van der Waals surface area (Å²) < 4.78 is 3.17. The number of rotatable bonds is 7. The molecule has 0 spiro atoms. The number of carbonyl (C=O) groups is 2. The van der Waals surface area contributed by atoms with Gasteiger partial charge in [0, 0.05) is 19.3 Å². The Bertz CT molecular complexity index is 1170. The van der Waals surface area contributed by atoms with E-state index in [2.05, 4.69) is 5.32 Å². The third-order valence-electron chi connectivity index (χ3n) is 5.41. The van der Waals surface area contributed by atoms with Crippen LogP contribution in [-0.4, -0.2) is 39.4 Å². The van der Waals surface area contributed by atoms with Crippen LogP contribution < -0.4 is 11.0 Å². The number of anilines is 1. The summed E-state index contributed by atoms with van der Waals surface area (Å²) in [7, 11) is 1.58. The van der Waals surface area contributed by atoms with Gasteiger partial charge in [-0.2, -0.15) is 0 Å². The summed E-state index contributed by atoms with van der Waals surface area (Å²) in [5, 5.41) is 2.91. The monoisotopic (exact) mass is 422 g/mol. The predicted octanol–water partition coefficient (Wildman–Crippen LogP) is 3.24. The number of carbonyl (C=O) groups excluding carboxylic acids is 2. The molecule has 31 heavy (non-hydrogen) atoms. The van der Waals surface area contributed by atoms with E-state index < -0.39 is 0 Å². The maximum atomic E-state index is 12.9. The molecular weight excluding hydrogens is 392 g/mol. The fourth-order valence-corrected chi connectivity index (χ4v) is 3.98. The number of benzene rings is 2. The second-order valence-corrected chi connectivity index (χ2v) is 8.08. The number of nitrogens with zero attached hydrogens (tertiary/aromatic N) is 3. The van der Waals surface area contributed by atoms with Gasteiger partial charge in [-0.25, -0.2) is 4.79 Å². The number of para-hydroxylation sites is 2. The molecule has 1 aromatic heterocycles. The van der Waals surface area contributed by atoms with Crippen molar-refractivity contribution in [3.63, 3.8) is 0 Å². The fraction of sp³-hybridized carbons (Fsp3) is 0.375. The minimum atomic E-state index is -0.297. The Morgan fingerprint density at radius 2 is 1.58 bits per heavy atom. The Morgan fingerprint density at radius 3 is 2.16 bits per heavy atom. The van der Waals surface area contributed by atoms with Crippen molar-refractivity contribution in [3.05, 3.63) is 63.6 Å². The zero-order valence-electron chi connectivity index (χ0n) is 18.9. The van der Waals surface area contributed by atoms with Crippen LogP contribution in [0.4, 0.5) is 5.69 Å². The number of likely N-dealkylation sites (N-methyl/N-ethyl adjacent to an activating group) is 1. The number of aromatic nitrogens is 2. The lowest BCUT2D eigenvalue weighted by molar-refractivity contribution is -0.133. The quantitative estimate of drug-likeness (QED) is 0.635.